The molecule has 0 radical (unpaired) electrons. The topological polar surface area (TPSA) is 72.3 Å². The zero-order chi connectivity index (χ0) is 16.4. The molecule has 0 spiro atoms. The van der Waals surface area contributed by atoms with Crippen LogP contribution in [0.25, 0.3) is 0 Å². The number of nitrogens with zero attached hydrogens (tertiary/aromatic N) is 3. The van der Waals surface area contributed by atoms with E-state index in [0.29, 0.717) is 19.5 Å². The second-order valence-electron chi connectivity index (χ2n) is 6.83. The summed E-state index contributed by atoms with van der Waals surface area (Å²) in [5.41, 5.74) is 0. The van der Waals surface area contributed by atoms with Gasteiger partial charge in [0, 0.05) is 37.9 Å². The van der Waals surface area contributed by atoms with E-state index in [1.165, 1.54) is 0 Å². The highest BCUT2D eigenvalue weighted by molar-refractivity contribution is 7.92. The van der Waals surface area contributed by atoms with Crippen LogP contribution in [0.2, 0.25) is 0 Å². The number of imidazole rings is 1. The zero-order valence-corrected chi connectivity index (χ0v) is 14.4. The summed E-state index contributed by atoms with van der Waals surface area (Å²) >= 11 is 0. The van der Waals surface area contributed by atoms with E-state index in [2.05, 4.69) is 4.98 Å². The standard InChI is InChI=1S/C16H25N3O3S/c1-13(18-8-7-17-12-18)9-16(20)19-10-15(11-19)23(21,22)14-5-3-2-4-6-14/h7-8,12-15H,2-6,9-11H2,1H3/t13-/m1/s1. The lowest BCUT2D eigenvalue weighted by molar-refractivity contribution is -0.135. The van der Waals surface area contributed by atoms with Crippen LogP contribution in [-0.2, 0) is 14.6 Å². The Hall–Kier alpha value is -1.37. The Bertz CT molecular complexity index is 630. The quantitative estimate of drug-likeness (QED) is 0.820. The second-order valence-corrected chi connectivity index (χ2v) is 9.34. The molecule has 2 heterocycles. The lowest BCUT2D eigenvalue weighted by atomic mass is 10.0. The average molecular weight is 339 g/mol. The molecule has 0 bridgehead atoms. The molecule has 1 amide bonds. The smallest absolute Gasteiger partial charge is 0.224 e. The first-order valence-corrected chi connectivity index (χ1v) is 10.1. The van der Waals surface area contributed by atoms with Gasteiger partial charge in [-0.1, -0.05) is 19.3 Å². The Kier molecular flexibility index (Phi) is 4.75. The Morgan fingerprint density at radius 1 is 1.22 bits per heavy atom. The third-order valence-electron chi connectivity index (χ3n) is 5.19. The van der Waals surface area contributed by atoms with Crippen molar-refractivity contribution in [3.63, 3.8) is 0 Å². The first kappa shape index (κ1) is 16.5. The molecule has 0 unspecified atom stereocenters. The number of hydrogen-bond donors (Lipinski definition) is 0. The number of sulfone groups is 1. The minimum Gasteiger partial charge on any atom is -0.340 e. The van der Waals surface area contributed by atoms with E-state index < -0.39 is 9.84 Å². The number of carbonyl (C=O) groups is 1. The largest absolute Gasteiger partial charge is 0.340 e. The third kappa shape index (κ3) is 3.44. The number of carbonyl (C=O) groups excluding carboxylic acids is 1. The highest BCUT2D eigenvalue weighted by Crippen LogP contribution is 2.30. The summed E-state index contributed by atoms with van der Waals surface area (Å²) in [5.74, 6) is 0.0290. The third-order valence-corrected chi connectivity index (χ3v) is 7.81. The van der Waals surface area contributed by atoms with Crippen molar-refractivity contribution in [3.8, 4) is 0 Å². The molecule has 7 heteroatoms. The predicted molar refractivity (Wildman–Crippen MR) is 87.7 cm³/mol. The summed E-state index contributed by atoms with van der Waals surface area (Å²) in [4.78, 5) is 17.9. The lowest BCUT2D eigenvalue weighted by Gasteiger charge is -2.41. The van der Waals surface area contributed by atoms with Gasteiger partial charge in [-0.05, 0) is 19.8 Å². The van der Waals surface area contributed by atoms with Crippen LogP contribution in [0, 0.1) is 0 Å². The molecule has 3 rings (SSSR count). The van der Waals surface area contributed by atoms with Crippen molar-refractivity contribution < 1.29 is 13.2 Å². The maximum absolute atomic E-state index is 12.6. The van der Waals surface area contributed by atoms with Crippen LogP contribution in [0.3, 0.4) is 0 Å². The van der Waals surface area contributed by atoms with Gasteiger partial charge in [0.25, 0.3) is 0 Å². The van der Waals surface area contributed by atoms with Gasteiger partial charge in [0.2, 0.25) is 5.91 Å². The molecule has 2 fully saturated rings. The molecule has 6 nitrogen and oxygen atoms in total. The van der Waals surface area contributed by atoms with E-state index in [4.69, 9.17) is 0 Å². The van der Waals surface area contributed by atoms with Crippen LogP contribution in [-0.4, -0.2) is 52.4 Å². The molecule has 1 saturated heterocycles. The van der Waals surface area contributed by atoms with Gasteiger partial charge >= 0.3 is 0 Å². The van der Waals surface area contributed by atoms with Crippen molar-refractivity contribution >= 4 is 15.7 Å². The summed E-state index contributed by atoms with van der Waals surface area (Å²) in [6.07, 6.45) is 10.4. The molecule has 1 aliphatic heterocycles. The molecule has 0 aromatic carbocycles. The molecule has 1 aromatic heterocycles. The van der Waals surface area contributed by atoms with Crippen molar-refractivity contribution in [2.24, 2.45) is 0 Å². The monoisotopic (exact) mass is 339 g/mol. The maximum atomic E-state index is 12.6. The molecule has 23 heavy (non-hydrogen) atoms. The number of hydrogen-bond acceptors (Lipinski definition) is 4. The van der Waals surface area contributed by atoms with Crippen molar-refractivity contribution in [1.29, 1.82) is 0 Å². The predicted octanol–water partition coefficient (Wildman–Crippen LogP) is 1.79. The summed E-state index contributed by atoms with van der Waals surface area (Å²) in [5, 5.41) is -0.526. The highest BCUT2D eigenvalue weighted by atomic mass is 32.2. The molecule has 1 aliphatic carbocycles. The fourth-order valence-corrected chi connectivity index (χ4v) is 5.84. The first-order chi connectivity index (χ1) is 11.0. The van der Waals surface area contributed by atoms with Crippen molar-refractivity contribution in [2.75, 3.05) is 13.1 Å². The van der Waals surface area contributed by atoms with Gasteiger partial charge in [-0.3, -0.25) is 4.79 Å². The van der Waals surface area contributed by atoms with Crippen molar-refractivity contribution in [2.45, 2.75) is 62.0 Å². The molecule has 0 N–H and O–H groups in total. The highest BCUT2D eigenvalue weighted by Gasteiger charge is 2.43. The average Bonchev–Trinajstić information content (AvgIpc) is 3.00. The summed E-state index contributed by atoms with van der Waals surface area (Å²) in [6, 6.07) is 0.0407. The minimum absolute atomic E-state index is 0.0290. The molecule has 128 valence electrons. The lowest BCUT2D eigenvalue weighted by Crippen LogP contribution is -2.59. The van der Waals surface area contributed by atoms with E-state index in [1.807, 2.05) is 17.7 Å². The van der Waals surface area contributed by atoms with Gasteiger partial charge < -0.3 is 9.47 Å². The summed E-state index contributed by atoms with van der Waals surface area (Å²) < 4.78 is 27.1. The molecular formula is C16H25N3O3S. The Morgan fingerprint density at radius 2 is 1.91 bits per heavy atom. The van der Waals surface area contributed by atoms with Crippen LogP contribution in [0.4, 0.5) is 0 Å². The second kappa shape index (κ2) is 6.63. The first-order valence-electron chi connectivity index (χ1n) is 8.46. The van der Waals surface area contributed by atoms with E-state index in [0.717, 1.165) is 32.1 Å². The fraction of sp³-hybridized carbons (Fsp3) is 0.750. The van der Waals surface area contributed by atoms with Gasteiger partial charge in [0.15, 0.2) is 9.84 Å². The van der Waals surface area contributed by atoms with E-state index >= 15 is 0 Å². The van der Waals surface area contributed by atoms with Crippen LogP contribution < -0.4 is 0 Å². The zero-order valence-electron chi connectivity index (χ0n) is 13.6. The molecule has 1 saturated carbocycles. The van der Waals surface area contributed by atoms with Gasteiger partial charge in [-0.25, -0.2) is 13.4 Å². The van der Waals surface area contributed by atoms with Crippen LogP contribution in [0.15, 0.2) is 18.7 Å². The Morgan fingerprint density at radius 3 is 2.52 bits per heavy atom. The van der Waals surface area contributed by atoms with Gasteiger partial charge in [0.1, 0.15) is 0 Å². The fourth-order valence-electron chi connectivity index (χ4n) is 3.53. The summed E-state index contributed by atoms with van der Waals surface area (Å²) in [7, 11) is -3.07. The maximum Gasteiger partial charge on any atom is 0.224 e. The van der Waals surface area contributed by atoms with Crippen molar-refractivity contribution in [3.05, 3.63) is 18.7 Å². The number of rotatable bonds is 5. The van der Waals surface area contributed by atoms with E-state index in [9.17, 15) is 13.2 Å². The molecule has 1 atom stereocenters. The summed E-state index contributed by atoms with van der Waals surface area (Å²) in [6.45, 7) is 2.71. The molecule has 2 aliphatic rings. The van der Waals surface area contributed by atoms with Crippen LogP contribution in [0.1, 0.15) is 51.5 Å². The number of likely N-dealkylation sites (tertiary alicyclic amines) is 1. The Balaban J connectivity index is 1.51. The Labute approximate surface area is 137 Å². The minimum atomic E-state index is -3.07. The van der Waals surface area contributed by atoms with Gasteiger partial charge in [-0.2, -0.15) is 0 Å². The number of amides is 1. The molecule has 1 aromatic rings. The van der Waals surface area contributed by atoms with Crippen LogP contribution in [0.5, 0.6) is 0 Å². The van der Waals surface area contributed by atoms with E-state index in [1.54, 1.807) is 17.4 Å². The van der Waals surface area contributed by atoms with E-state index in [-0.39, 0.29) is 22.4 Å². The van der Waals surface area contributed by atoms with Gasteiger partial charge in [0.05, 0.1) is 16.8 Å². The number of aromatic nitrogens is 2. The SMILES string of the molecule is C[C@H](CC(=O)N1CC(S(=O)(=O)C2CCCCC2)C1)n1ccnc1. The van der Waals surface area contributed by atoms with Crippen LogP contribution >= 0.6 is 0 Å². The normalized spacial score (nSPS) is 21.9. The van der Waals surface area contributed by atoms with Crippen molar-refractivity contribution in [1.82, 2.24) is 14.5 Å². The molecular weight excluding hydrogens is 314 g/mol. The van der Waals surface area contributed by atoms with Gasteiger partial charge in [-0.15, -0.1) is 0 Å².